The van der Waals surface area contributed by atoms with Crippen molar-refractivity contribution in [2.75, 3.05) is 0 Å². The highest BCUT2D eigenvalue weighted by Gasteiger charge is 2.14. The Labute approximate surface area is 149 Å². The van der Waals surface area contributed by atoms with Crippen molar-refractivity contribution in [2.24, 2.45) is 0 Å². The standard InChI is InChI=1S/C17H10BrFN4O2/c18-12-5-1-10(2-6-12)16-20-14(25-23-16)9-15-21-22-17(24-15)11-3-7-13(19)8-4-11/h1-8H,9H2. The Hall–Kier alpha value is -2.87. The first-order valence-corrected chi connectivity index (χ1v) is 8.13. The molecule has 25 heavy (non-hydrogen) atoms. The summed E-state index contributed by atoms with van der Waals surface area (Å²) in [5.41, 5.74) is 1.48. The summed E-state index contributed by atoms with van der Waals surface area (Å²) >= 11 is 3.38. The lowest BCUT2D eigenvalue weighted by atomic mass is 10.2. The van der Waals surface area contributed by atoms with Crippen molar-refractivity contribution in [1.82, 2.24) is 20.3 Å². The fourth-order valence-corrected chi connectivity index (χ4v) is 2.47. The molecule has 124 valence electrons. The van der Waals surface area contributed by atoms with Crippen molar-refractivity contribution in [3.63, 3.8) is 0 Å². The fraction of sp³-hybridized carbons (Fsp3) is 0.0588. The summed E-state index contributed by atoms with van der Waals surface area (Å²) in [7, 11) is 0. The van der Waals surface area contributed by atoms with Gasteiger partial charge in [-0.15, -0.1) is 10.2 Å². The van der Waals surface area contributed by atoms with Crippen LogP contribution in [-0.4, -0.2) is 20.3 Å². The van der Waals surface area contributed by atoms with Gasteiger partial charge in [-0.1, -0.05) is 21.1 Å². The Morgan fingerprint density at radius 2 is 1.60 bits per heavy atom. The van der Waals surface area contributed by atoms with Crippen molar-refractivity contribution in [3.8, 4) is 22.8 Å². The highest BCUT2D eigenvalue weighted by Crippen LogP contribution is 2.21. The van der Waals surface area contributed by atoms with E-state index in [1.54, 1.807) is 12.1 Å². The van der Waals surface area contributed by atoms with Gasteiger partial charge >= 0.3 is 0 Å². The molecular weight excluding hydrogens is 391 g/mol. The molecule has 4 aromatic rings. The highest BCUT2D eigenvalue weighted by atomic mass is 79.9. The van der Waals surface area contributed by atoms with Crippen LogP contribution in [0, 0.1) is 5.82 Å². The summed E-state index contributed by atoms with van der Waals surface area (Å²) in [6, 6.07) is 13.4. The van der Waals surface area contributed by atoms with Gasteiger partial charge in [-0.2, -0.15) is 4.98 Å². The number of halogens is 2. The molecule has 0 spiro atoms. The predicted molar refractivity (Wildman–Crippen MR) is 89.9 cm³/mol. The zero-order chi connectivity index (χ0) is 17.2. The van der Waals surface area contributed by atoms with Crippen LogP contribution in [0.5, 0.6) is 0 Å². The first-order chi connectivity index (χ1) is 12.2. The van der Waals surface area contributed by atoms with E-state index in [9.17, 15) is 4.39 Å². The Bertz CT molecular complexity index is 914. The Morgan fingerprint density at radius 1 is 0.880 bits per heavy atom. The minimum atomic E-state index is -0.324. The van der Waals surface area contributed by atoms with Crippen molar-refractivity contribution >= 4 is 15.9 Å². The third-order valence-electron chi connectivity index (χ3n) is 3.43. The second kappa shape index (κ2) is 6.56. The molecule has 0 bridgehead atoms. The molecule has 0 aliphatic rings. The van der Waals surface area contributed by atoms with Gasteiger partial charge in [0, 0.05) is 15.6 Å². The molecule has 8 heteroatoms. The van der Waals surface area contributed by atoms with Gasteiger partial charge in [0.2, 0.25) is 23.5 Å². The van der Waals surface area contributed by atoms with Crippen molar-refractivity contribution < 1.29 is 13.3 Å². The zero-order valence-corrected chi connectivity index (χ0v) is 14.3. The molecule has 0 aliphatic carbocycles. The van der Waals surface area contributed by atoms with Gasteiger partial charge in [-0.3, -0.25) is 0 Å². The SMILES string of the molecule is Fc1ccc(-c2nnc(Cc3nc(-c4ccc(Br)cc4)no3)o2)cc1. The van der Waals surface area contributed by atoms with Crippen LogP contribution in [0.15, 0.2) is 61.9 Å². The topological polar surface area (TPSA) is 77.8 Å². The monoisotopic (exact) mass is 400 g/mol. The molecule has 0 amide bonds. The van der Waals surface area contributed by atoms with Crippen LogP contribution in [0.2, 0.25) is 0 Å². The van der Waals surface area contributed by atoms with E-state index in [-0.39, 0.29) is 12.2 Å². The van der Waals surface area contributed by atoms with Crippen LogP contribution in [0.4, 0.5) is 4.39 Å². The van der Waals surface area contributed by atoms with Gasteiger partial charge in [0.1, 0.15) is 12.2 Å². The number of nitrogens with zero attached hydrogens (tertiary/aromatic N) is 4. The molecule has 0 fully saturated rings. The van der Waals surface area contributed by atoms with Crippen LogP contribution in [0.3, 0.4) is 0 Å². The van der Waals surface area contributed by atoms with Crippen LogP contribution in [0.25, 0.3) is 22.8 Å². The third-order valence-corrected chi connectivity index (χ3v) is 3.96. The van der Waals surface area contributed by atoms with E-state index in [2.05, 4.69) is 36.3 Å². The van der Waals surface area contributed by atoms with Crippen molar-refractivity contribution in [3.05, 3.63) is 70.6 Å². The summed E-state index contributed by atoms with van der Waals surface area (Å²) in [6.45, 7) is 0. The van der Waals surface area contributed by atoms with E-state index in [1.807, 2.05) is 24.3 Å². The molecule has 0 N–H and O–H groups in total. The largest absolute Gasteiger partial charge is 0.420 e. The maximum atomic E-state index is 13.0. The number of hydrogen-bond donors (Lipinski definition) is 0. The molecule has 0 radical (unpaired) electrons. The second-order valence-electron chi connectivity index (χ2n) is 5.20. The normalized spacial score (nSPS) is 11.0. The minimum Gasteiger partial charge on any atom is -0.420 e. The van der Waals surface area contributed by atoms with Crippen molar-refractivity contribution in [1.29, 1.82) is 0 Å². The number of hydrogen-bond acceptors (Lipinski definition) is 6. The minimum absolute atomic E-state index is 0.220. The number of benzene rings is 2. The van der Waals surface area contributed by atoms with E-state index in [1.165, 1.54) is 12.1 Å². The fourth-order valence-electron chi connectivity index (χ4n) is 2.21. The summed E-state index contributed by atoms with van der Waals surface area (Å²) in [5.74, 6) is 1.18. The molecule has 6 nitrogen and oxygen atoms in total. The molecular formula is C17H10BrFN4O2. The van der Waals surface area contributed by atoms with E-state index in [4.69, 9.17) is 8.94 Å². The summed E-state index contributed by atoms with van der Waals surface area (Å²) in [5, 5.41) is 11.9. The van der Waals surface area contributed by atoms with Crippen molar-refractivity contribution in [2.45, 2.75) is 6.42 Å². The molecule has 2 aromatic heterocycles. The highest BCUT2D eigenvalue weighted by molar-refractivity contribution is 9.10. The Morgan fingerprint density at radius 3 is 2.36 bits per heavy atom. The first-order valence-electron chi connectivity index (χ1n) is 7.34. The molecule has 2 heterocycles. The lowest BCUT2D eigenvalue weighted by molar-refractivity contribution is 0.374. The predicted octanol–water partition coefficient (Wildman–Crippen LogP) is 4.28. The van der Waals surface area contributed by atoms with Gasteiger partial charge in [0.25, 0.3) is 0 Å². The first kappa shape index (κ1) is 15.6. The molecule has 0 unspecified atom stereocenters. The third kappa shape index (κ3) is 3.48. The smallest absolute Gasteiger partial charge is 0.247 e. The average Bonchev–Trinajstić information content (AvgIpc) is 3.27. The maximum Gasteiger partial charge on any atom is 0.247 e. The Kier molecular flexibility index (Phi) is 4.10. The van der Waals surface area contributed by atoms with E-state index >= 15 is 0 Å². The zero-order valence-electron chi connectivity index (χ0n) is 12.7. The quantitative estimate of drug-likeness (QED) is 0.508. The van der Waals surface area contributed by atoms with Crippen LogP contribution >= 0.6 is 15.9 Å². The van der Waals surface area contributed by atoms with Gasteiger partial charge in [-0.25, -0.2) is 4.39 Å². The molecule has 0 saturated carbocycles. The van der Waals surface area contributed by atoms with Gasteiger partial charge < -0.3 is 8.94 Å². The van der Waals surface area contributed by atoms with Crippen LogP contribution in [0.1, 0.15) is 11.8 Å². The molecule has 2 aromatic carbocycles. The summed E-state index contributed by atoms with van der Waals surface area (Å²) < 4.78 is 24.7. The van der Waals surface area contributed by atoms with Gasteiger partial charge in [0.05, 0.1) is 0 Å². The van der Waals surface area contributed by atoms with E-state index < -0.39 is 0 Å². The van der Waals surface area contributed by atoms with E-state index in [0.717, 1.165) is 10.0 Å². The molecule has 0 aliphatic heterocycles. The Balaban J connectivity index is 1.51. The maximum absolute atomic E-state index is 13.0. The average molecular weight is 401 g/mol. The molecule has 0 saturated heterocycles. The van der Waals surface area contributed by atoms with Gasteiger partial charge in [0.15, 0.2) is 0 Å². The van der Waals surface area contributed by atoms with Crippen LogP contribution < -0.4 is 0 Å². The summed E-state index contributed by atoms with van der Waals surface area (Å²) in [6.07, 6.45) is 0.220. The van der Waals surface area contributed by atoms with Gasteiger partial charge in [-0.05, 0) is 48.5 Å². The molecule has 0 atom stereocenters. The summed E-state index contributed by atoms with van der Waals surface area (Å²) in [4.78, 5) is 4.33. The lowest BCUT2D eigenvalue weighted by Gasteiger charge is -1.93. The second-order valence-corrected chi connectivity index (χ2v) is 6.12. The molecule has 4 rings (SSSR count). The number of rotatable bonds is 4. The van der Waals surface area contributed by atoms with Crippen LogP contribution in [-0.2, 0) is 6.42 Å². The lowest BCUT2D eigenvalue weighted by Crippen LogP contribution is -1.88. The van der Waals surface area contributed by atoms with E-state index in [0.29, 0.717) is 29.1 Å². The number of aromatic nitrogens is 4.